The molecule has 0 aromatic heterocycles. The molecule has 0 aliphatic heterocycles. The molecule has 0 N–H and O–H groups in total. The first-order chi connectivity index (χ1) is 8.24. The van der Waals surface area contributed by atoms with Crippen LogP contribution in [0.5, 0.6) is 0 Å². The summed E-state index contributed by atoms with van der Waals surface area (Å²) in [5.74, 6) is 1.74. The Kier molecular flexibility index (Phi) is 5.58. The van der Waals surface area contributed by atoms with Crippen LogP contribution in [0.1, 0.15) is 48.0 Å². The molecule has 0 saturated carbocycles. The van der Waals surface area contributed by atoms with Crippen LogP contribution >= 0.6 is 0 Å². The first-order valence-electron chi connectivity index (χ1n) is 6.52. The van der Waals surface area contributed by atoms with Gasteiger partial charge in [-0.3, -0.25) is 9.59 Å². The van der Waals surface area contributed by atoms with E-state index < -0.39 is 19.6 Å². The number of rotatable bonds is 2. The number of Topliss-reactive ketones (excluding diaryl/α,β-unsaturated/α-hetero) is 1. The largest absolute Gasteiger partial charge is 0.460 e. The van der Waals surface area contributed by atoms with E-state index in [1.54, 1.807) is 20.8 Å². The van der Waals surface area contributed by atoms with Gasteiger partial charge in [0.15, 0.2) is 0 Å². The van der Waals surface area contributed by atoms with E-state index in [0.717, 1.165) is 0 Å². The second-order valence-electron chi connectivity index (χ2n) is 7.31. The van der Waals surface area contributed by atoms with Gasteiger partial charge in [0.25, 0.3) is 0 Å². The predicted octanol–water partition coefficient (Wildman–Crippen LogP) is 3.34. The highest BCUT2D eigenvalue weighted by molar-refractivity contribution is 6.87. The van der Waals surface area contributed by atoms with Crippen molar-refractivity contribution in [1.29, 1.82) is 0 Å². The minimum Gasteiger partial charge on any atom is -0.460 e. The van der Waals surface area contributed by atoms with Gasteiger partial charge < -0.3 is 4.74 Å². The second-order valence-corrected chi connectivity index (χ2v) is 12.3. The molecule has 108 valence electrons. The van der Waals surface area contributed by atoms with E-state index in [0.29, 0.717) is 0 Å². The number of esters is 1. The fourth-order valence-corrected chi connectivity index (χ4v) is 1.79. The molecule has 0 fully saturated rings. The third-order valence-electron chi connectivity index (χ3n) is 3.11. The van der Waals surface area contributed by atoms with Crippen molar-refractivity contribution in [2.24, 2.45) is 0 Å². The topological polar surface area (TPSA) is 43.4 Å². The number of ketones is 1. The summed E-state index contributed by atoms with van der Waals surface area (Å²) in [6.45, 7) is 16.0. The summed E-state index contributed by atoms with van der Waals surface area (Å²) in [6, 6.07) is 0. The average molecular weight is 282 g/mol. The Labute approximate surface area is 118 Å². The zero-order valence-electron chi connectivity index (χ0n) is 13.4. The van der Waals surface area contributed by atoms with Gasteiger partial charge in [-0.05, 0) is 31.7 Å². The van der Waals surface area contributed by atoms with Crippen molar-refractivity contribution in [3.05, 3.63) is 0 Å². The molecule has 0 saturated heterocycles. The standard InChI is InChI=1S/C15H26O3Si/c1-14(2,3)18-13(17)11-12(16)9-10-19(7,8)15(4,5)6/h11H2,1-8H3. The van der Waals surface area contributed by atoms with Crippen molar-refractivity contribution < 1.29 is 14.3 Å². The first kappa shape index (κ1) is 17.9. The molecule has 0 bridgehead atoms. The van der Waals surface area contributed by atoms with Crippen LogP contribution in [0.15, 0.2) is 0 Å². The molecule has 4 heteroatoms. The van der Waals surface area contributed by atoms with E-state index in [-0.39, 0.29) is 17.2 Å². The summed E-state index contributed by atoms with van der Waals surface area (Å²) in [4.78, 5) is 23.2. The maximum atomic E-state index is 11.7. The van der Waals surface area contributed by atoms with Crippen molar-refractivity contribution in [2.45, 2.75) is 71.7 Å². The van der Waals surface area contributed by atoms with Crippen LogP contribution in [0.2, 0.25) is 18.1 Å². The fraction of sp³-hybridized carbons (Fsp3) is 0.733. The summed E-state index contributed by atoms with van der Waals surface area (Å²) < 4.78 is 5.09. The summed E-state index contributed by atoms with van der Waals surface area (Å²) in [6.07, 6.45) is -0.265. The van der Waals surface area contributed by atoms with E-state index in [1.807, 2.05) is 0 Å². The number of ether oxygens (including phenoxy) is 1. The highest BCUT2D eigenvalue weighted by Crippen LogP contribution is 2.35. The molecule has 0 aliphatic carbocycles. The average Bonchev–Trinajstić information content (AvgIpc) is 2.09. The third kappa shape index (κ3) is 7.17. The summed E-state index contributed by atoms with van der Waals surface area (Å²) >= 11 is 0. The lowest BCUT2D eigenvalue weighted by Crippen LogP contribution is -2.35. The van der Waals surface area contributed by atoms with Crippen LogP contribution in [-0.2, 0) is 14.3 Å². The molecular weight excluding hydrogens is 256 g/mol. The number of hydrogen-bond donors (Lipinski definition) is 0. The van der Waals surface area contributed by atoms with Gasteiger partial charge in [0.1, 0.15) is 20.1 Å². The Hall–Kier alpha value is -1.08. The van der Waals surface area contributed by atoms with Crippen LogP contribution in [0.4, 0.5) is 0 Å². The molecule has 0 amide bonds. The first-order valence-corrected chi connectivity index (χ1v) is 9.52. The van der Waals surface area contributed by atoms with Crippen LogP contribution in [0, 0.1) is 11.5 Å². The second kappa shape index (κ2) is 5.92. The van der Waals surface area contributed by atoms with Crippen LogP contribution in [-0.4, -0.2) is 25.4 Å². The molecule has 0 aliphatic rings. The maximum Gasteiger partial charge on any atom is 0.314 e. The van der Waals surface area contributed by atoms with Gasteiger partial charge in [-0.1, -0.05) is 33.9 Å². The molecule has 0 unspecified atom stereocenters. The Balaban J connectivity index is 4.63. The molecule has 0 aromatic carbocycles. The highest BCUT2D eigenvalue weighted by Gasteiger charge is 2.33. The van der Waals surface area contributed by atoms with Gasteiger partial charge in [-0.25, -0.2) is 0 Å². The zero-order chi connectivity index (χ0) is 15.5. The number of carbonyl (C=O) groups is 2. The quantitative estimate of drug-likeness (QED) is 0.338. The smallest absolute Gasteiger partial charge is 0.314 e. The summed E-state index contributed by atoms with van der Waals surface area (Å²) in [5.41, 5.74) is 2.53. The van der Waals surface area contributed by atoms with Crippen molar-refractivity contribution in [3.63, 3.8) is 0 Å². The Morgan fingerprint density at radius 3 is 1.89 bits per heavy atom. The number of hydrogen-bond acceptors (Lipinski definition) is 3. The van der Waals surface area contributed by atoms with E-state index in [9.17, 15) is 9.59 Å². The van der Waals surface area contributed by atoms with Gasteiger partial charge in [-0.15, -0.1) is 5.54 Å². The lowest BCUT2D eigenvalue weighted by Gasteiger charge is -2.31. The fourth-order valence-electron chi connectivity index (χ4n) is 0.966. The Morgan fingerprint density at radius 1 is 1.05 bits per heavy atom. The van der Waals surface area contributed by atoms with Crippen molar-refractivity contribution >= 4 is 19.8 Å². The van der Waals surface area contributed by atoms with Gasteiger partial charge >= 0.3 is 5.97 Å². The monoisotopic (exact) mass is 282 g/mol. The maximum absolute atomic E-state index is 11.7. The van der Waals surface area contributed by atoms with Crippen molar-refractivity contribution in [2.75, 3.05) is 0 Å². The van der Waals surface area contributed by atoms with Gasteiger partial charge in [-0.2, -0.15) is 0 Å². The van der Waals surface area contributed by atoms with Crippen molar-refractivity contribution in [1.82, 2.24) is 0 Å². The molecule has 0 radical (unpaired) electrons. The molecule has 0 atom stereocenters. The zero-order valence-corrected chi connectivity index (χ0v) is 14.4. The predicted molar refractivity (Wildman–Crippen MR) is 80.4 cm³/mol. The lowest BCUT2D eigenvalue weighted by atomic mass is 10.2. The van der Waals surface area contributed by atoms with E-state index >= 15 is 0 Å². The molecule has 0 aromatic rings. The minimum absolute atomic E-state index is 0.103. The molecular formula is C15H26O3Si. The molecule has 0 spiro atoms. The van der Waals surface area contributed by atoms with E-state index in [1.165, 1.54) is 0 Å². The van der Waals surface area contributed by atoms with E-state index in [2.05, 4.69) is 45.3 Å². The van der Waals surface area contributed by atoms with Gasteiger partial charge in [0, 0.05) is 0 Å². The van der Waals surface area contributed by atoms with Crippen LogP contribution in [0.3, 0.4) is 0 Å². The third-order valence-corrected chi connectivity index (χ3v) is 7.61. The molecule has 0 heterocycles. The normalized spacial score (nSPS) is 12.4. The van der Waals surface area contributed by atoms with Gasteiger partial charge in [0.05, 0.1) is 0 Å². The summed E-state index contributed by atoms with van der Waals surface area (Å²) in [5, 5.41) is 0.103. The minimum atomic E-state index is -1.80. The molecule has 3 nitrogen and oxygen atoms in total. The Morgan fingerprint density at radius 2 is 1.53 bits per heavy atom. The van der Waals surface area contributed by atoms with Crippen LogP contribution < -0.4 is 0 Å². The SMILES string of the molecule is CC(C)(C)OC(=O)CC(=O)C#C[Si](C)(C)C(C)(C)C. The highest BCUT2D eigenvalue weighted by atomic mass is 28.3. The van der Waals surface area contributed by atoms with Crippen molar-refractivity contribution in [3.8, 4) is 11.5 Å². The number of carbonyl (C=O) groups excluding carboxylic acids is 2. The lowest BCUT2D eigenvalue weighted by molar-refractivity contribution is -0.155. The van der Waals surface area contributed by atoms with E-state index in [4.69, 9.17) is 4.74 Å². The summed E-state index contributed by atoms with van der Waals surface area (Å²) in [7, 11) is -1.80. The Bertz CT molecular complexity index is 411. The molecule has 0 rings (SSSR count). The van der Waals surface area contributed by atoms with Crippen LogP contribution in [0.25, 0.3) is 0 Å². The molecule has 19 heavy (non-hydrogen) atoms. The van der Waals surface area contributed by atoms with Gasteiger partial charge in [0.2, 0.25) is 5.78 Å².